The van der Waals surface area contributed by atoms with Gasteiger partial charge in [0.25, 0.3) is 0 Å². The van der Waals surface area contributed by atoms with Crippen LogP contribution < -0.4 is 0 Å². The van der Waals surface area contributed by atoms with Crippen molar-refractivity contribution in [1.29, 1.82) is 0 Å². The first-order chi connectivity index (χ1) is 19.9. The molecule has 1 aromatic rings. The second-order valence-electron chi connectivity index (χ2n) is 10.5. The number of aromatic hydroxyl groups is 1. The molecule has 230 valence electrons. The van der Waals surface area contributed by atoms with E-state index in [4.69, 9.17) is 28.4 Å². The van der Waals surface area contributed by atoms with E-state index in [1.165, 1.54) is 25.1 Å². The van der Waals surface area contributed by atoms with Gasteiger partial charge in [-0.3, -0.25) is 4.79 Å². The van der Waals surface area contributed by atoms with Crippen LogP contribution in [0, 0.1) is 11.8 Å². The Bertz CT molecular complexity index is 1210. The number of carbonyl (C=O) groups is 3. The van der Waals surface area contributed by atoms with Crippen LogP contribution in [0.25, 0.3) is 6.08 Å². The maximum Gasteiger partial charge on any atom is 0.337 e. The molecule has 3 aliphatic rings. The van der Waals surface area contributed by atoms with Crippen LogP contribution in [0.3, 0.4) is 0 Å². The molecule has 42 heavy (non-hydrogen) atoms. The number of methoxy groups -OCH3 is 1. The molecule has 4 rings (SSSR count). The van der Waals surface area contributed by atoms with E-state index in [1.807, 2.05) is 0 Å². The summed E-state index contributed by atoms with van der Waals surface area (Å²) in [5.41, 5.74) is -0.880. The molecule has 2 fully saturated rings. The quantitative estimate of drug-likeness (QED) is 0.146. The van der Waals surface area contributed by atoms with Gasteiger partial charge in [0, 0.05) is 25.3 Å². The third-order valence-corrected chi connectivity index (χ3v) is 7.57. The van der Waals surface area contributed by atoms with Gasteiger partial charge in [0.2, 0.25) is 6.29 Å². The Balaban J connectivity index is 1.65. The van der Waals surface area contributed by atoms with Crippen molar-refractivity contribution in [1.82, 2.24) is 0 Å². The average Bonchev–Trinajstić information content (AvgIpc) is 3.23. The Hall–Kier alpha value is -3.53. The van der Waals surface area contributed by atoms with Crippen molar-refractivity contribution < 1.29 is 68.3 Å². The fraction of sp³-hybridized carbons (Fsp3) is 0.536. The lowest BCUT2D eigenvalue weighted by atomic mass is 9.80. The van der Waals surface area contributed by atoms with Crippen LogP contribution >= 0.6 is 0 Å². The number of hydrogen-bond acceptors (Lipinski definition) is 14. The summed E-state index contributed by atoms with van der Waals surface area (Å²) in [4.78, 5) is 37.8. The van der Waals surface area contributed by atoms with Gasteiger partial charge < -0.3 is 54.0 Å². The molecule has 0 amide bonds. The maximum atomic E-state index is 12.9. The lowest BCUT2D eigenvalue weighted by Crippen LogP contribution is -2.61. The summed E-state index contributed by atoms with van der Waals surface area (Å²) in [5, 5.41) is 49.8. The average molecular weight is 595 g/mol. The van der Waals surface area contributed by atoms with Gasteiger partial charge in [-0.15, -0.1) is 0 Å². The van der Waals surface area contributed by atoms with Crippen LogP contribution in [0.15, 0.2) is 42.2 Å². The molecule has 2 heterocycles. The topological polar surface area (TPSA) is 208 Å². The monoisotopic (exact) mass is 594 g/mol. The molecule has 7 unspecified atom stereocenters. The highest BCUT2D eigenvalue weighted by Gasteiger charge is 2.63. The Kier molecular flexibility index (Phi) is 9.55. The molecule has 1 saturated carbocycles. The smallest absolute Gasteiger partial charge is 0.337 e. The summed E-state index contributed by atoms with van der Waals surface area (Å²) in [6.07, 6.45) is -6.89. The van der Waals surface area contributed by atoms with E-state index >= 15 is 0 Å². The molecule has 2 aliphatic heterocycles. The number of aliphatic hydroxyl groups is 4. The third kappa shape index (κ3) is 6.43. The van der Waals surface area contributed by atoms with Crippen LogP contribution in [-0.4, -0.2) is 106 Å². The molecule has 1 aromatic carbocycles. The molecule has 14 nitrogen and oxygen atoms in total. The fourth-order valence-corrected chi connectivity index (χ4v) is 5.65. The van der Waals surface area contributed by atoms with E-state index in [0.717, 1.165) is 19.4 Å². The van der Waals surface area contributed by atoms with Crippen LogP contribution in [0.1, 0.15) is 25.8 Å². The molecular weight excluding hydrogens is 560 g/mol. The summed E-state index contributed by atoms with van der Waals surface area (Å²) in [5.74, 6) is -4.23. The first kappa shape index (κ1) is 31.4. The molecule has 0 spiro atoms. The van der Waals surface area contributed by atoms with E-state index < -0.39 is 85.1 Å². The molecule has 5 N–H and O–H groups in total. The van der Waals surface area contributed by atoms with Crippen molar-refractivity contribution in [3.63, 3.8) is 0 Å². The molecule has 0 radical (unpaired) electrons. The Labute approximate surface area is 240 Å². The number of phenolic OH excluding ortho intramolecular Hbond substituents is 1. The highest BCUT2D eigenvalue weighted by atomic mass is 16.8. The Morgan fingerprint density at radius 3 is 2.38 bits per heavy atom. The van der Waals surface area contributed by atoms with E-state index in [9.17, 15) is 39.9 Å². The zero-order valence-corrected chi connectivity index (χ0v) is 23.1. The summed E-state index contributed by atoms with van der Waals surface area (Å²) < 4.78 is 33.4. The van der Waals surface area contributed by atoms with Crippen molar-refractivity contribution in [3.8, 4) is 5.75 Å². The zero-order valence-electron chi connectivity index (χ0n) is 23.1. The first-order valence-electron chi connectivity index (χ1n) is 13.2. The molecule has 1 saturated heterocycles. The number of carbonyl (C=O) groups excluding carboxylic acids is 3. The summed E-state index contributed by atoms with van der Waals surface area (Å²) in [7, 11) is 1.15. The first-order valence-corrected chi connectivity index (χ1v) is 13.2. The lowest BCUT2D eigenvalue weighted by Gasteiger charge is -2.44. The minimum atomic E-state index is -1.77. The molecule has 0 aromatic heterocycles. The predicted molar refractivity (Wildman–Crippen MR) is 139 cm³/mol. The van der Waals surface area contributed by atoms with E-state index in [0.29, 0.717) is 5.56 Å². The van der Waals surface area contributed by atoms with Crippen LogP contribution in [-0.2, 0) is 42.8 Å². The minimum Gasteiger partial charge on any atom is -0.508 e. The largest absolute Gasteiger partial charge is 0.508 e. The summed E-state index contributed by atoms with van der Waals surface area (Å²) in [6.45, 7) is 2.02. The number of phenols is 1. The van der Waals surface area contributed by atoms with Crippen molar-refractivity contribution in [2.75, 3.05) is 13.7 Å². The predicted octanol–water partition coefficient (Wildman–Crippen LogP) is -0.495. The normalized spacial score (nSPS) is 36.0. The fourth-order valence-electron chi connectivity index (χ4n) is 5.65. The van der Waals surface area contributed by atoms with Crippen LogP contribution in [0.2, 0.25) is 0 Å². The van der Waals surface area contributed by atoms with Gasteiger partial charge in [-0.2, -0.15) is 0 Å². The Morgan fingerprint density at radius 2 is 1.76 bits per heavy atom. The number of esters is 3. The van der Waals surface area contributed by atoms with Crippen LogP contribution in [0.5, 0.6) is 5.75 Å². The van der Waals surface area contributed by atoms with Gasteiger partial charge in [0.15, 0.2) is 6.29 Å². The minimum absolute atomic E-state index is 0.0349. The van der Waals surface area contributed by atoms with Crippen LogP contribution in [0.4, 0.5) is 0 Å². The summed E-state index contributed by atoms with van der Waals surface area (Å²) in [6, 6.07) is 6.06. The van der Waals surface area contributed by atoms with Gasteiger partial charge >= 0.3 is 17.9 Å². The Morgan fingerprint density at radius 1 is 1.07 bits per heavy atom. The highest BCUT2D eigenvalue weighted by Crippen LogP contribution is 2.52. The highest BCUT2D eigenvalue weighted by molar-refractivity contribution is 5.90. The molecular formula is C28H34O14. The number of fused-ring (bicyclic) bond motifs is 1. The SMILES string of the molecule is COC(=O)C1=CO[C@@H](OC2OC(CO)C(O)C(O)C2O)C2C1[C@H](OC(=O)/C=C\c1ccc(O)cc1)C[C@]2(C)OC(C)=O. The number of benzene rings is 1. The van der Waals surface area contributed by atoms with E-state index in [2.05, 4.69) is 0 Å². The molecule has 14 heteroatoms. The number of ether oxygens (including phenoxy) is 6. The molecule has 0 bridgehead atoms. The van der Waals surface area contributed by atoms with Gasteiger partial charge in [-0.25, -0.2) is 9.59 Å². The van der Waals surface area contributed by atoms with Gasteiger partial charge in [0.05, 0.1) is 31.5 Å². The van der Waals surface area contributed by atoms with Crippen molar-refractivity contribution in [2.45, 2.75) is 69.0 Å². The lowest BCUT2D eigenvalue weighted by molar-refractivity contribution is -0.346. The summed E-state index contributed by atoms with van der Waals surface area (Å²) >= 11 is 0. The number of aliphatic hydroxyl groups excluding tert-OH is 4. The molecule has 1 aliphatic carbocycles. The van der Waals surface area contributed by atoms with Gasteiger partial charge in [-0.1, -0.05) is 12.1 Å². The zero-order chi connectivity index (χ0) is 30.8. The second kappa shape index (κ2) is 12.8. The van der Waals surface area contributed by atoms with Crippen molar-refractivity contribution in [2.24, 2.45) is 11.8 Å². The van der Waals surface area contributed by atoms with E-state index in [1.54, 1.807) is 19.1 Å². The van der Waals surface area contributed by atoms with Crippen molar-refractivity contribution >= 4 is 24.0 Å². The maximum absolute atomic E-state index is 12.9. The third-order valence-electron chi connectivity index (χ3n) is 7.57. The number of rotatable bonds is 8. The number of hydrogen-bond donors (Lipinski definition) is 5. The molecule has 10 atom stereocenters. The standard InChI is InChI=1S/C28H34O14/c1-13(30)42-28(2)10-17(39-19(32)9-6-14-4-7-15(31)8-5-14)20-16(25(36)37-3)12-38-26(21(20)28)41-27-24(35)23(34)22(33)18(11-29)40-27/h4-9,12,17-18,20-24,26-27,29,31,33-35H,10-11H2,1-3H3/b9-6-/t17-,18?,20?,21?,22?,23?,24?,26+,27?,28+/m1/s1. The van der Waals surface area contributed by atoms with Gasteiger partial charge in [0.1, 0.15) is 41.9 Å². The van der Waals surface area contributed by atoms with Gasteiger partial charge in [-0.05, 0) is 30.7 Å². The van der Waals surface area contributed by atoms with E-state index in [-0.39, 0.29) is 17.7 Å². The second-order valence-corrected chi connectivity index (χ2v) is 10.5. The van der Waals surface area contributed by atoms with Crippen molar-refractivity contribution in [3.05, 3.63) is 47.7 Å².